The summed E-state index contributed by atoms with van der Waals surface area (Å²) in [4.78, 5) is 0. The molecule has 0 spiro atoms. The zero-order valence-corrected chi connectivity index (χ0v) is 9.99. The van der Waals surface area contributed by atoms with Crippen LogP contribution in [0.3, 0.4) is 0 Å². The Kier molecular flexibility index (Phi) is 2.61. The average Bonchev–Trinajstić information content (AvgIpc) is 2.91. The first-order valence-electron chi connectivity index (χ1n) is 5.72. The molecular formula is C14H12N4. The summed E-state index contributed by atoms with van der Waals surface area (Å²) < 4.78 is 1.60. The van der Waals surface area contributed by atoms with E-state index >= 15 is 0 Å². The van der Waals surface area contributed by atoms with Crippen LogP contribution in [0.2, 0.25) is 0 Å². The molecule has 0 aliphatic carbocycles. The van der Waals surface area contributed by atoms with Gasteiger partial charge in [0.1, 0.15) is 12.7 Å². The van der Waals surface area contributed by atoms with E-state index in [-0.39, 0.29) is 0 Å². The topological polar surface area (TPSA) is 43.1 Å². The molecule has 1 aromatic heterocycles. The van der Waals surface area contributed by atoms with Crippen molar-refractivity contribution < 1.29 is 0 Å². The van der Waals surface area contributed by atoms with Crippen molar-refractivity contribution in [3.8, 4) is 0 Å². The van der Waals surface area contributed by atoms with Crippen molar-refractivity contribution >= 4 is 16.5 Å². The van der Waals surface area contributed by atoms with Gasteiger partial charge in [-0.2, -0.15) is 5.10 Å². The molecule has 18 heavy (non-hydrogen) atoms. The lowest BCUT2D eigenvalue weighted by molar-refractivity contribution is 0.871. The van der Waals surface area contributed by atoms with Crippen LogP contribution in [0, 0.1) is 0 Å². The fourth-order valence-electron chi connectivity index (χ4n) is 1.89. The van der Waals surface area contributed by atoms with Gasteiger partial charge in [0, 0.05) is 0 Å². The van der Waals surface area contributed by atoms with E-state index in [1.165, 1.54) is 10.8 Å². The maximum Gasteiger partial charge on any atom is 0.141 e. The Bertz CT molecular complexity index is 699. The van der Waals surface area contributed by atoms with E-state index in [1.54, 1.807) is 17.3 Å². The molecule has 0 bridgehead atoms. The summed E-state index contributed by atoms with van der Waals surface area (Å²) >= 11 is 0. The van der Waals surface area contributed by atoms with E-state index in [1.807, 2.05) is 19.1 Å². The Morgan fingerprint density at radius 2 is 1.72 bits per heavy atom. The van der Waals surface area contributed by atoms with E-state index in [4.69, 9.17) is 0 Å². The molecule has 3 rings (SSSR count). The number of hydrogen-bond donors (Lipinski definition) is 0. The lowest BCUT2D eigenvalue weighted by Crippen LogP contribution is -1.98. The van der Waals surface area contributed by atoms with Gasteiger partial charge in [0.05, 0.1) is 5.71 Å². The van der Waals surface area contributed by atoms with Crippen molar-refractivity contribution in [1.82, 2.24) is 14.9 Å². The standard InChI is InChI=1S/C14H12N4/c1-11(17-18-9-15-16-10-18)13-7-6-12-4-2-3-5-14(12)8-13/h2-10H,1H3. The minimum absolute atomic E-state index is 0.931. The highest BCUT2D eigenvalue weighted by Crippen LogP contribution is 2.16. The molecule has 0 unspecified atom stereocenters. The molecule has 4 heteroatoms. The van der Waals surface area contributed by atoms with E-state index < -0.39 is 0 Å². The molecule has 0 aliphatic heterocycles. The molecule has 0 N–H and O–H groups in total. The number of nitrogens with zero attached hydrogens (tertiary/aromatic N) is 4. The maximum absolute atomic E-state index is 4.40. The molecule has 0 saturated heterocycles. The van der Waals surface area contributed by atoms with Crippen LogP contribution in [0.25, 0.3) is 10.8 Å². The highest BCUT2D eigenvalue weighted by atomic mass is 15.4. The molecule has 0 aliphatic rings. The predicted molar refractivity (Wildman–Crippen MR) is 71.6 cm³/mol. The molecule has 0 saturated carbocycles. The van der Waals surface area contributed by atoms with Crippen LogP contribution < -0.4 is 0 Å². The summed E-state index contributed by atoms with van der Waals surface area (Å²) in [5, 5.41) is 14.3. The second kappa shape index (κ2) is 4.41. The van der Waals surface area contributed by atoms with Gasteiger partial charge in [-0.3, -0.25) is 0 Å². The molecule has 0 fully saturated rings. The number of aromatic nitrogens is 3. The highest BCUT2D eigenvalue weighted by molar-refractivity contribution is 6.01. The molecule has 1 heterocycles. The Morgan fingerprint density at radius 1 is 1.00 bits per heavy atom. The fourth-order valence-corrected chi connectivity index (χ4v) is 1.89. The summed E-state index contributed by atoms with van der Waals surface area (Å²) in [5.41, 5.74) is 2.03. The summed E-state index contributed by atoms with van der Waals surface area (Å²) in [6.07, 6.45) is 3.15. The smallest absolute Gasteiger partial charge is 0.141 e. The van der Waals surface area contributed by atoms with Crippen LogP contribution >= 0.6 is 0 Å². The molecule has 4 nitrogen and oxygen atoms in total. The Hall–Kier alpha value is -2.49. The highest BCUT2D eigenvalue weighted by Gasteiger charge is 2.00. The van der Waals surface area contributed by atoms with Crippen molar-refractivity contribution in [2.24, 2.45) is 5.10 Å². The van der Waals surface area contributed by atoms with Gasteiger partial charge < -0.3 is 0 Å². The predicted octanol–water partition coefficient (Wildman–Crippen LogP) is 2.70. The molecule has 0 atom stereocenters. The van der Waals surface area contributed by atoms with Crippen molar-refractivity contribution in [1.29, 1.82) is 0 Å². The van der Waals surface area contributed by atoms with Gasteiger partial charge in [0.25, 0.3) is 0 Å². The Labute approximate surface area is 105 Å². The van der Waals surface area contributed by atoms with E-state index in [9.17, 15) is 0 Å². The second-order valence-corrected chi connectivity index (χ2v) is 4.09. The van der Waals surface area contributed by atoms with Gasteiger partial charge in [0.2, 0.25) is 0 Å². The minimum Gasteiger partial charge on any atom is -0.207 e. The summed E-state index contributed by atoms with van der Waals surface area (Å²) in [7, 11) is 0. The lowest BCUT2D eigenvalue weighted by atomic mass is 10.0. The quantitative estimate of drug-likeness (QED) is 0.642. The number of fused-ring (bicyclic) bond motifs is 1. The normalized spacial score (nSPS) is 11.9. The lowest BCUT2D eigenvalue weighted by Gasteiger charge is -2.03. The SMILES string of the molecule is CC(=Nn1cnnc1)c1ccc2ccccc2c1. The van der Waals surface area contributed by atoms with E-state index in [2.05, 4.69) is 45.6 Å². The Balaban J connectivity index is 2.04. The molecule has 88 valence electrons. The van der Waals surface area contributed by atoms with Gasteiger partial charge in [-0.15, -0.1) is 10.2 Å². The van der Waals surface area contributed by atoms with Crippen LogP contribution in [0.15, 0.2) is 60.2 Å². The van der Waals surface area contributed by atoms with Crippen LogP contribution in [0.5, 0.6) is 0 Å². The molecule has 0 radical (unpaired) electrons. The first-order chi connectivity index (χ1) is 8.83. The number of rotatable bonds is 2. The average molecular weight is 236 g/mol. The molecular weight excluding hydrogens is 224 g/mol. The van der Waals surface area contributed by atoms with Gasteiger partial charge in [0.15, 0.2) is 0 Å². The largest absolute Gasteiger partial charge is 0.207 e. The van der Waals surface area contributed by atoms with Gasteiger partial charge >= 0.3 is 0 Å². The third-order valence-electron chi connectivity index (χ3n) is 2.84. The number of benzene rings is 2. The Morgan fingerprint density at radius 3 is 2.50 bits per heavy atom. The monoisotopic (exact) mass is 236 g/mol. The molecule has 3 aromatic rings. The van der Waals surface area contributed by atoms with Gasteiger partial charge in [-0.25, -0.2) is 4.68 Å². The third kappa shape index (κ3) is 2.00. The summed E-state index contributed by atoms with van der Waals surface area (Å²) in [6.45, 7) is 1.98. The summed E-state index contributed by atoms with van der Waals surface area (Å²) in [6, 6.07) is 14.6. The first-order valence-corrected chi connectivity index (χ1v) is 5.72. The van der Waals surface area contributed by atoms with Crippen LogP contribution in [0.1, 0.15) is 12.5 Å². The van der Waals surface area contributed by atoms with Crippen molar-refractivity contribution in [2.45, 2.75) is 6.92 Å². The van der Waals surface area contributed by atoms with Crippen LogP contribution in [0.4, 0.5) is 0 Å². The minimum atomic E-state index is 0.931. The van der Waals surface area contributed by atoms with Crippen molar-refractivity contribution in [3.63, 3.8) is 0 Å². The zero-order valence-electron chi connectivity index (χ0n) is 9.99. The van der Waals surface area contributed by atoms with Crippen molar-refractivity contribution in [2.75, 3.05) is 0 Å². The molecule has 0 amide bonds. The van der Waals surface area contributed by atoms with Crippen LogP contribution in [-0.4, -0.2) is 20.6 Å². The fraction of sp³-hybridized carbons (Fsp3) is 0.0714. The van der Waals surface area contributed by atoms with Crippen molar-refractivity contribution in [3.05, 3.63) is 60.7 Å². The van der Waals surface area contributed by atoms with Gasteiger partial charge in [-0.1, -0.05) is 36.4 Å². The van der Waals surface area contributed by atoms with E-state index in [0.717, 1.165) is 11.3 Å². The second-order valence-electron chi connectivity index (χ2n) is 4.09. The third-order valence-corrected chi connectivity index (χ3v) is 2.84. The first kappa shape index (κ1) is 10.7. The van der Waals surface area contributed by atoms with Gasteiger partial charge in [-0.05, 0) is 29.3 Å². The zero-order chi connectivity index (χ0) is 12.4. The molecule has 2 aromatic carbocycles. The summed E-state index contributed by atoms with van der Waals surface area (Å²) in [5.74, 6) is 0. The van der Waals surface area contributed by atoms with E-state index in [0.29, 0.717) is 0 Å². The maximum atomic E-state index is 4.40. The number of hydrogen-bond acceptors (Lipinski definition) is 3. The van der Waals surface area contributed by atoms with Crippen LogP contribution in [-0.2, 0) is 0 Å².